The summed E-state index contributed by atoms with van der Waals surface area (Å²) in [6, 6.07) is 29.6. The molecule has 0 bridgehead atoms. The Kier molecular flexibility index (Phi) is 3.89. The minimum Gasteiger partial charge on any atom is -0.0843 e. The first-order valence-electron chi connectivity index (χ1n) is 12.4. The molecule has 0 fully saturated rings. The van der Waals surface area contributed by atoms with E-state index in [0.717, 1.165) is 5.02 Å². The molecule has 0 saturated heterocycles. The SMILES string of the molecule is CC1(C)CCC(C)(C)c2cc3c(cc21)-c1ccc(Cl)cc1C31c2ccccc2-c2ccccc21. The van der Waals surface area contributed by atoms with E-state index in [9.17, 15) is 0 Å². The first-order valence-corrected chi connectivity index (χ1v) is 12.8. The van der Waals surface area contributed by atoms with Crippen LogP contribution in [0.3, 0.4) is 0 Å². The molecule has 0 heterocycles. The molecule has 0 N–H and O–H groups in total. The summed E-state index contributed by atoms with van der Waals surface area (Å²) in [5, 5.41) is 0.804. The lowest BCUT2D eigenvalue weighted by atomic mass is 9.61. The zero-order valence-electron chi connectivity index (χ0n) is 20.3. The van der Waals surface area contributed by atoms with Crippen LogP contribution >= 0.6 is 11.6 Å². The molecule has 0 radical (unpaired) electrons. The summed E-state index contributed by atoms with van der Waals surface area (Å²) in [4.78, 5) is 0. The van der Waals surface area contributed by atoms with E-state index in [1.807, 2.05) is 0 Å². The minimum atomic E-state index is -0.324. The van der Waals surface area contributed by atoms with Gasteiger partial charge >= 0.3 is 0 Å². The van der Waals surface area contributed by atoms with E-state index >= 15 is 0 Å². The molecule has 4 aromatic rings. The molecule has 3 aliphatic carbocycles. The van der Waals surface area contributed by atoms with Gasteiger partial charge in [-0.1, -0.05) is 100.0 Å². The molecule has 0 atom stereocenters. The van der Waals surface area contributed by atoms with Gasteiger partial charge in [0, 0.05) is 5.02 Å². The maximum atomic E-state index is 6.70. The minimum absolute atomic E-state index is 0.158. The fourth-order valence-corrected chi connectivity index (χ4v) is 7.34. The second-order valence-electron chi connectivity index (χ2n) is 11.7. The largest absolute Gasteiger partial charge is 0.0843 e. The molecular formula is C33H29Cl. The predicted molar refractivity (Wildman–Crippen MR) is 143 cm³/mol. The van der Waals surface area contributed by atoms with Crippen LogP contribution in [0.5, 0.6) is 0 Å². The zero-order valence-corrected chi connectivity index (χ0v) is 21.1. The van der Waals surface area contributed by atoms with Crippen LogP contribution in [0.2, 0.25) is 5.02 Å². The fraction of sp³-hybridized carbons (Fsp3) is 0.273. The summed E-state index contributed by atoms with van der Waals surface area (Å²) >= 11 is 6.70. The van der Waals surface area contributed by atoms with E-state index in [-0.39, 0.29) is 16.2 Å². The van der Waals surface area contributed by atoms with Gasteiger partial charge in [-0.2, -0.15) is 0 Å². The van der Waals surface area contributed by atoms with Crippen molar-refractivity contribution in [2.45, 2.75) is 56.8 Å². The fourth-order valence-electron chi connectivity index (χ4n) is 7.17. The first kappa shape index (κ1) is 20.5. The zero-order chi connectivity index (χ0) is 23.5. The molecule has 0 amide bonds. The smallest absolute Gasteiger partial charge is 0.0726 e. The van der Waals surface area contributed by atoms with Gasteiger partial charge in [-0.3, -0.25) is 0 Å². The summed E-state index contributed by atoms with van der Waals surface area (Å²) in [5.41, 5.74) is 13.9. The molecular weight excluding hydrogens is 432 g/mol. The molecule has 0 aromatic heterocycles. The van der Waals surface area contributed by atoms with Crippen molar-refractivity contribution in [2.75, 3.05) is 0 Å². The van der Waals surface area contributed by atoms with Crippen molar-refractivity contribution in [1.82, 2.24) is 0 Å². The van der Waals surface area contributed by atoms with Gasteiger partial charge in [0.15, 0.2) is 0 Å². The molecule has 34 heavy (non-hydrogen) atoms. The third-order valence-corrected chi connectivity index (χ3v) is 9.26. The summed E-state index contributed by atoms with van der Waals surface area (Å²) in [6.07, 6.45) is 2.43. The number of hydrogen-bond acceptors (Lipinski definition) is 0. The van der Waals surface area contributed by atoms with Crippen molar-refractivity contribution in [3.8, 4) is 22.3 Å². The van der Waals surface area contributed by atoms with Crippen LogP contribution in [0.15, 0.2) is 78.9 Å². The summed E-state index contributed by atoms with van der Waals surface area (Å²) in [6.45, 7) is 9.69. The Morgan fingerprint density at radius 1 is 0.500 bits per heavy atom. The van der Waals surface area contributed by atoms with Crippen LogP contribution in [-0.2, 0) is 16.2 Å². The molecule has 0 aliphatic heterocycles. The number of halogens is 1. The van der Waals surface area contributed by atoms with Crippen LogP contribution in [-0.4, -0.2) is 0 Å². The average Bonchev–Trinajstić information content (AvgIpc) is 3.28. The lowest BCUT2D eigenvalue weighted by molar-refractivity contribution is 0.331. The third kappa shape index (κ3) is 2.35. The van der Waals surface area contributed by atoms with Crippen LogP contribution < -0.4 is 0 Å². The maximum absolute atomic E-state index is 6.70. The molecule has 0 nitrogen and oxygen atoms in total. The summed E-state index contributed by atoms with van der Waals surface area (Å²) in [5.74, 6) is 0. The van der Waals surface area contributed by atoms with Gasteiger partial charge in [-0.25, -0.2) is 0 Å². The Hall–Kier alpha value is -2.83. The topological polar surface area (TPSA) is 0 Å². The van der Waals surface area contributed by atoms with E-state index in [2.05, 4.69) is 107 Å². The first-order chi connectivity index (χ1) is 16.2. The van der Waals surface area contributed by atoms with E-state index < -0.39 is 0 Å². The van der Waals surface area contributed by atoms with E-state index in [0.29, 0.717) is 0 Å². The summed E-state index contributed by atoms with van der Waals surface area (Å²) in [7, 11) is 0. The highest BCUT2D eigenvalue weighted by atomic mass is 35.5. The van der Waals surface area contributed by atoms with Crippen molar-refractivity contribution in [3.05, 3.63) is 117 Å². The second kappa shape index (κ2) is 6.43. The van der Waals surface area contributed by atoms with Crippen LogP contribution in [0.4, 0.5) is 0 Å². The number of benzene rings is 4. The Morgan fingerprint density at radius 2 is 1.00 bits per heavy atom. The molecule has 7 rings (SSSR count). The van der Waals surface area contributed by atoms with E-state index in [4.69, 9.17) is 11.6 Å². The van der Waals surface area contributed by atoms with Gasteiger partial charge in [0.1, 0.15) is 0 Å². The van der Waals surface area contributed by atoms with Crippen molar-refractivity contribution in [1.29, 1.82) is 0 Å². The second-order valence-corrected chi connectivity index (χ2v) is 12.2. The Labute approximate surface area is 207 Å². The molecule has 168 valence electrons. The Morgan fingerprint density at radius 3 is 1.62 bits per heavy atom. The Balaban J connectivity index is 1.69. The molecule has 0 unspecified atom stereocenters. The normalized spacial score (nSPS) is 19.2. The Bertz CT molecular complexity index is 1470. The molecule has 3 aliphatic rings. The average molecular weight is 461 g/mol. The van der Waals surface area contributed by atoms with Gasteiger partial charge in [0.2, 0.25) is 0 Å². The maximum Gasteiger partial charge on any atom is 0.0726 e. The van der Waals surface area contributed by atoms with Crippen molar-refractivity contribution >= 4 is 11.6 Å². The van der Waals surface area contributed by atoms with Crippen LogP contribution in [0, 0.1) is 0 Å². The van der Waals surface area contributed by atoms with Crippen molar-refractivity contribution < 1.29 is 0 Å². The van der Waals surface area contributed by atoms with Gasteiger partial charge in [0.25, 0.3) is 0 Å². The predicted octanol–water partition coefficient (Wildman–Crippen LogP) is 9.03. The quantitative estimate of drug-likeness (QED) is 0.212. The summed E-state index contributed by atoms with van der Waals surface area (Å²) < 4.78 is 0. The molecule has 1 heteroatoms. The molecule has 4 aromatic carbocycles. The van der Waals surface area contributed by atoms with E-state index in [1.165, 1.54) is 68.5 Å². The number of fused-ring (bicyclic) bond motifs is 11. The highest BCUT2D eigenvalue weighted by Gasteiger charge is 2.53. The van der Waals surface area contributed by atoms with Gasteiger partial charge in [-0.15, -0.1) is 0 Å². The van der Waals surface area contributed by atoms with Crippen LogP contribution in [0.1, 0.15) is 73.9 Å². The monoisotopic (exact) mass is 460 g/mol. The van der Waals surface area contributed by atoms with Crippen molar-refractivity contribution in [3.63, 3.8) is 0 Å². The number of hydrogen-bond donors (Lipinski definition) is 0. The van der Waals surface area contributed by atoms with Gasteiger partial charge in [-0.05, 0) is 97.5 Å². The molecule has 0 saturated carbocycles. The lowest BCUT2D eigenvalue weighted by Gasteiger charge is -2.43. The van der Waals surface area contributed by atoms with E-state index in [1.54, 1.807) is 0 Å². The standard InChI is InChI=1S/C33H29Cl/c1-31(2)15-16-32(3,4)30-19-28-24(18-29(30)31)23-14-13-20(34)17-27(23)33(28)25-11-7-5-9-21(25)22-10-6-8-12-26(22)33/h5-14,17-19H,15-16H2,1-4H3. The van der Waals surface area contributed by atoms with Crippen molar-refractivity contribution in [2.24, 2.45) is 0 Å². The van der Waals surface area contributed by atoms with Gasteiger partial charge < -0.3 is 0 Å². The van der Waals surface area contributed by atoms with Gasteiger partial charge in [0.05, 0.1) is 5.41 Å². The highest BCUT2D eigenvalue weighted by Crippen LogP contribution is 2.64. The van der Waals surface area contributed by atoms with Crippen LogP contribution in [0.25, 0.3) is 22.3 Å². The third-order valence-electron chi connectivity index (χ3n) is 9.02. The lowest BCUT2D eigenvalue weighted by Crippen LogP contribution is -2.35. The highest BCUT2D eigenvalue weighted by molar-refractivity contribution is 6.30. The molecule has 1 spiro atoms. The number of rotatable bonds is 0.